The standard InChI is InChI=1S/C16H21FN2O2S/c1-13-10-14(17)12-16(11-13)22(20,21)19-8-4-15(5-9-19)18-6-2-3-7-18/h2-3,10-12,15H,4-9H2,1H3. The van der Waals surface area contributed by atoms with Gasteiger partial charge in [-0.1, -0.05) is 12.2 Å². The number of aryl methyl sites for hydroxylation is 1. The lowest BCUT2D eigenvalue weighted by Crippen LogP contribution is -2.46. The zero-order chi connectivity index (χ0) is 15.7. The average Bonchev–Trinajstić information content (AvgIpc) is 3.00. The van der Waals surface area contributed by atoms with Gasteiger partial charge in [0.1, 0.15) is 5.82 Å². The van der Waals surface area contributed by atoms with Gasteiger partial charge in [-0.2, -0.15) is 4.31 Å². The molecule has 1 saturated heterocycles. The van der Waals surface area contributed by atoms with E-state index in [0.29, 0.717) is 24.7 Å². The van der Waals surface area contributed by atoms with Crippen LogP contribution in [0.3, 0.4) is 0 Å². The third kappa shape index (κ3) is 3.09. The molecule has 1 aromatic carbocycles. The molecular formula is C16H21FN2O2S. The Bertz CT molecular complexity index is 651. The first-order valence-corrected chi connectivity index (χ1v) is 9.07. The summed E-state index contributed by atoms with van der Waals surface area (Å²) in [5.41, 5.74) is 0.622. The number of halogens is 1. The van der Waals surface area contributed by atoms with Crippen molar-refractivity contribution in [3.63, 3.8) is 0 Å². The van der Waals surface area contributed by atoms with Crippen LogP contribution in [0.1, 0.15) is 18.4 Å². The molecule has 22 heavy (non-hydrogen) atoms. The first-order valence-electron chi connectivity index (χ1n) is 7.63. The van der Waals surface area contributed by atoms with Crippen molar-refractivity contribution < 1.29 is 12.8 Å². The first-order chi connectivity index (χ1) is 10.5. The Hall–Kier alpha value is -1.24. The molecule has 4 nitrogen and oxygen atoms in total. The van der Waals surface area contributed by atoms with Crippen LogP contribution in [0.5, 0.6) is 0 Å². The highest BCUT2D eigenvalue weighted by atomic mass is 32.2. The average molecular weight is 324 g/mol. The Morgan fingerprint density at radius 3 is 2.32 bits per heavy atom. The molecular weight excluding hydrogens is 303 g/mol. The Kier molecular flexibility index (Phi) is 4.34. The minimum Gasteiger partial charge on any atom is -0.293 e. The molecule has 6 heteroatoms. The molecule has 0 spiro atoms. The molecule has 0 aliphatic carbocycles. The number of hydrogen-bond donors (Lipinski definition) is 0. The van der Waals surface area contributed by atoms with E-state index in [0.717, 1.165) is 32.0 Å². The summed E-state index contributed by atoms with van der Waals surface area (Å²) < 4.78 is 40.3. The molecule has 1 fully saturated rings. The molecule has 2 heterocycles. The summed E-state index contributed by atoms with van der Waals surface area (Å²) in [6, 6.07) is 4.43. The van der Waals surface area contributed by atoms with E-state index in [9.17, 15) is 12.8 Å². The largest absolute Gasteiger partial charge is 0.293 e. The summed E-state index contributed by atoms with van der Waals surface area (Å²) in [7, 11) is -3.59. The second-order valence-electron chi connectivity index (χ2n) is 6.02. The predicted octanol–water partition coefficient (Wildman–Crippen LogP) is 2.16. The second kappa shape index (κ2) is 6.10. The van der Waals surface area contributed by atoms with Crippen molar-refractivity contribution in [2.75, 3.05) is 26.2 Å². The molecule has 0 radical (unpaired) electrons. The van der Waals surface area contributed by atoms with Crippen LogP contribution in [-0.4, -0.2) is 49.8 Å². The molecule has 3 rings (SSSR count). The normalized spacial score (nSPS) is 21.5. The number of nitrogens with zero attached hydrogens (tertiary/aromatic N) is 2. The maximum Gasteiger partial charge on any atom is 0.243 e. The van der Waals surface area contributed by atoms with Gasteiger partial charge in [0.25, 0.3) is 0 Å². The molecule has 1 aromatic rings. The minimum absolute atomic E-state index is 0.0614. The second-order valence-corrected chi connectivity index (χ2v) is 7.96. The third-order valence-corrected chi connectivity index (χ3v) is 6.32. The zero-order valence-corrected chi connectivity index (χ0v) is 13.5. The maximum absolute atomic E-state index is 13.5. The van der Waals surface area contributed by atoms with Gasteiger partial charge >= 0.3 is 0 Å². The van der Waals surface area contributed by atoms with E-state index in [2.05, 4.69) is 17.1 Å². The zero-order valence-electron chi connectivity index (χ0n) is 12.7. The lowest BCUT2D eigenvalue weighted by molar-refractivity contribution is 0.173. The SMILES string of the molecule is Cc1cc(F)cc(S(=O)(=O)N2CCC(N3CC=CC3)CC2)c1. The number of benzene rings is 1. The minimum atomic E-state index is -3.59. The number of hydrogen-bond acceptors (Lipinski definition) is 3. The molecule has 0 unspecified atom stereocenters. The fraction of sp³-hybridized carbons (Fsp3) is 0.500. The van der Waals surface area contributed by atoms with E-state index in [1.165, 1.54) is 16.4 Å². The van der Waals surface area contributed by atoms with Crippen molar-refractivity contribution in [2.45, 2.75) is 30.7 Å². The molecule has 120 valence electrons. The smallest absolute Gasteiger partial charge is 0.243 e. The molecule has 0 saturated carbocycles. The third-order valence-electron chi connectivity index (χ3n) is 4.44. The summed E-state index contributed by atoms with van der Waals surface area (Å²) in [6.45, 7) is 4.62. The Morgan fingerprint density at radius 1 is 1.09 bits per heavy atom. The molecule has 0 bridgehead atoms. The van der Waals surface area contributed by atoms with Crippen LogP contribution in [0.4, 0.5) is 4.39 Å². The van der Waals surface area contributed by atoms with Crippen molar-refractivity contribution in [3.05, 3.63) is 41.7 Å². The van der Waals surface area contributed by atoms with Gasteiger partial charge in [-0.05, 0) is 43.5 Å². The van der Waals surface area contributed by atoms with Gasteiger partial charge in [0.2, 0.25) is 10.0 Å². The predicted molar refractivity (Wildman–Crippen MR) is 83.6 cm³/mol. The topological polar surface area (TPSA) is 40.6 Å². The Balaban J connectivity index is 1.71. The quantitative estimate of drug-likeness (QED) is 0.800. The van der Waals surface area contributed by atoms with Crippen molar-refractivity contribution >= 4 is 10.0 Å². The van der Waals surface area contributed by atoms with Gasteiger partial charge < -0.3 is 0 Å². The summed E-state index contributed by atoms with van der Waals surface area (Å²) in [5.74, 6) is -0.503. The van der Waals surface area contributed by atoms with E-state index in [1.54, 1.807) is 6.92 Å². The van der Waals surface area contributed by atoms with Crippen LogP contribution in [0.2, 0.25) is 0 Å². The summed E-state index contributed by atoms with van der Waals surface area (Å²) >= 11 is 0. The Labute approximate surface area is 131 Å². The highest BCUT2D eigenvalue weighted by Gasteiger charge is 2.32. The van der Waals surface area contributed by atoms with Crippen molar-refractivity contribution in [1.82, 2.24) is 9.21 Å². The van der Waals surface area contributed by atoms with Gasteiger partial charge in [0, 0.05) is 32.2 Å². The molecule has 0 atom stereocenters. The highest BCUT2D eigenvalue weighted by Crippen LogP contribution is 2.25. The maximum atomic E-state index is 13.5. The van der Waals surface area contributed by atoms with Crippen molar-refractivity contribution in [1.29, 1.82) is 0 Å². The van der Waals surface area contributed by atoms with Crippen molar-refractivity contribution in [3.8, 4) is 0 Å². The Morgan fingerprint density at radius 2 is 1.73 bits per heavy atom. The molecule has 0 N–H and O–H groups in total. The van der Waals surface area contributed by atoms with E-state index < -0.39 is 15.8 Å². The van der Waals surface area contributed by atoms with Gasteiger partial charge in [0.15, 0.2) is 0 Å². The molecule has 0 aromatic heterocycles. The fourth-order valence-electron chi connectivity index (χ4n) is 3.24. The molecule has 2 aliphatic rings. The lowest BCUT2D eigenvalue weighted by atomic mass is 10.1. The van der Waals surface area contributed by atoms with Crippen molar-refractivity contribution in [2.24, 2.45) is 0 Å². The lowest BCUT2D eigenvalue weighted by Gasteiger charge is -2.36. The summed E-state index contributed by atoms with van der Waals surface area (Å²) in [4.78, 5) is 2.43. The van der Waals surface area contributed by atoms with Gasteiger partial charge in [-0.25, -0.2) is 12.8 Å². The van der Waals surface area contributed by atoms with Crippen LogP contribution >= 0.6 is 0 Å². The number of piperidine rings is 1. The van der Waals surface area contributed by atoms with Gasteiger partial charge in [-0.15, -0.1) is 0 Å². The van der Waals surface area contributed by atoms with E-state index in [-0.39, 0.29) is 4.90 Å². The van der Waals surface area contributed by atoms with Crippen LogP contribution < -0.4 is 0 Å². The van der Waals surface area contributed by atoms with E-state index in [4.69, 9.17) is 0 Å². The number of rotatable bonds is 3. The van der Waals surface area contributed by atoms with Crippen LogP contribution in [0.15, 0.2) is 35.2 Å². The van der Waals surface area contributed by atoms with Crippen LogP contribution in [0.25, 0.3) is 0 Å². The summed E-state index contributed by atoms with van der Waals surface area (Å²) in [5, 5.41) is 0. The van der Waals surface area contributed by atoms with E-state index in [1.807, 2.05) is 0 Å². The van der Waals surface area contributed by atoms with Gasteiger partial charge in [-0.3, -0.25) is 4.90 Å². The fourth-order valence-corrected chi connectivity index (χ4v) is 4.83. The van der Waals surface area contributed by atoms with Crippen LogP contribution in [0, 0.1) is 12.7 Å². The molecule has 2 aliphatic heterocycles. The van der Waals surface area contributed by atoms with Gasteiger partial charge in [0.05, 0.1) is 4.90 Å². The molecule has 0 amide bonds. The monoisotopic (exact) mass is 324 g/mol. The first kappa shape index (κ1) is 15.6. The summed E-state index contributed by atoms with van der Waals surface area (Å²) in [6.07, 6.45) is 5.96. The van der Waals surface area contributed by atoms with E-state index >= 15 is 0 Å². The van der Waals surface area contributed by atoms with Crippen LogP contribution in [-0.2, 0) is 10.0 Å². The highest BCUT2D eigenvalue weighted by molar-refractivity contribution is 7.89. The number of sulfonamides is 1.